The van der Waals surface area contributed by atoms with Gasteiger partial charge < -0.3 is 30.9 Å². The maximum atomic E-state index is 13.0. The van der Waals surface area contributed by atoms with Crippen molar-refractivity contribution >= 4 is 17.7 Å². The summed E-state index contributed by atoms with van der Waals surface area (Å²) in [6, 6.07) is 2.01. The Labute approximate surface area is 220 Å². The Morgan fingerprint density at radius 3 is 2.84 bits per heavy atom. The number of aliphatic hydroxyl groups is 1. The number of hydrogen-bond acceptors (Lipinski definition) is 9. The number of carbonyl (C=O) groups excluding carboxylic acids is 1. The van der Waals surface area contributed by atoms with Crippen molar-refractivity contribution in [3.8, 4) is 0 Å². The quantitative estimate of drug-likeness (QED) is 0.326. The molecular formula is C27H42N8O2. The van der Waals surface area contributed by atoms with Crippen LogP contribution in [0.25, 0.3) is 0 Å². The van der Waals surface area contributed by atoms with Gasteiger partial charge in [-0.15, -0.1) is 0 Å². The summed E-state index contributed by atoms with van der Waals surface area (Å²) >= 11 is 0. The Kier molecular flexibility index (Phi) is 9.68. The van der Waals surface area contributed by atoms with Crippen molar-refractivity contribution < 1.29 is 9.90 Å². The van der Waals surface area contributed by atoms with Crippen LogP contribution in [0.5, 0.6) is 0 Å². The molecule has 0 spiro atoms. The first-order valence-electron chi connectivity index (χ1n) is 13.3. The van der Waals surface area contributed by atoms with E-state index in [1.54, 1.807) is 6.07 Å². The van der Waals surface area contributed by atoms with E-state index in [2.05, 4.69) is 60.0 Å². The molecule has 202 valence electrons. The molecule has 1 aliphatic carbocycles. The molecule has 3 heterocycles. The molecule has 1 saturated heterocycles. The smallest absolute Gasteiger partial charge is 0.270 e. The van der Waals surface area contributed by atoms with E-state index < -0.39 is 6.10 Å². The Hall–Kier alpha value is -2.79. The largest absolute Gasteiger partial charge is 0.392 e. The van der Waals surface area contributed by atoms with Crippen LogP contribution in [0.1, 0.15) is 29.8 Å². The van der Waals surface area contributed by atoms with Gasteiger partial charge in [0.15, 0.2) is 0 Å². The molecule has 1 aromatic heterocycles. The van der Waals surface area contributed by atoms with E-state index in [1.807, 2.05) is 26.0 Å². The number of anilines is 2. The second kappa shape index (κ2) is 13.1. The highest BCUT2D eigenvalue weighted by Crippen LogP contribution is 2.24. The Morgan fingerprint density at radius 2 is 2.08 bits per heavy atom. The summed E-state index contributed by atoms with van der Waals surface area (Å²) in [4.78, 5) is 28.5. The number of carbonyl (C=O) groups is 1. The Balaban J connectivity index is 1.29. The third kappa shape index (κ3) is 8.10. The molecule has 1 atom stereocenters. The summed E-state index contributed by atoms with van der Waals surface area (Å²) in [7, 11) is 5.98. The number of β-amino-alcohol motifs (C(OH)–C–C–N with tert-alkyl or cyclic N) is 1. The highest BCUT2D eigenvalue weighted by atomic mass is 16.3. The van der Waals surface area contributed by atoms with Gasteiger partial charge in [-0.05, 0) is 38.9 Å². The second-order valence-electron chi connectivity index (χ2n) is 10.5. The molecular weight excluding hydrogens is 468 g/mol. The predicted octanol–water partition coefficient (Wildman–Crippen LogP) is 0.857. The molecule has 10 heteroatoms. The normalized spacial score (nSPS) is 18.8. The van der Waals surface area contributed by atoms with Crippen LogP contribution in [0.15, 0.2) is 41.5 Å². The van der Waals surface area contributed by atoms with Crippen molar-refractivity contribution in [2.75, 3.05) is 83.7 Å². The minimum Gasteiger partial charge on any atom is -0.392 e. The minimum absolute atomic E-state index is 0.254. The molecule has 0 aromatic carbocycles. The monoisotopic (exact) mass is 510 g/mol. The van der Waals surface area contributed by atoms with Crippen LogP contribution in [0.4, 0.5) is 11.8 Å². The molecule has 2 aliphatic heterocycles. The van der Waals surface area contributed by atoms with Crippen LogP contribution in [0.3, 0.4) is 0 Å². The van der Waals surface area contributed by atoms with Crippen molar-refractivity contribution in [3.05, 3.63) is 47.2 Å². The van der Waals surface area contributed by atoms with Crippen molar-refractivity contribution in [3.63, 3.8) is 0 Å². The minimum atomic E-state index is -0.503. The lowest BCUT2D eigenvalue weighted by atomic mass is 9.97. The Morgan fingerprint density at radius 1 is 1.24 bits per heavy atom. The molecule has 0 bridgehead atoms. The number of aliphatic hydroxyl groups excluding tert-OH is 1. The van der Waals surface area contributed by atoms with Gasteiger partial charge in [0.2, 0.25) is 5.95 Å². The molecule has 1 fully saturated rings. The van der Waals surface area contributed by atoms with Gasteiger partial charge in [0.1, 0.15) is 11.5 Å². The van der Waals surface area contributed by atoms with Gasteiger partial charge in [0.05, 0.1) is 12.1 Å². The first-order chi connectivity index (χ1) is 17.9. The molecule has 37 heavy (non-hydrogen) atoms. The van der Waals surface area contributed by atoms with Crippen LogP contribution < -0.4 is 20.9 Å². The van der Waals surface area contributed by atoms with Crippen LogP contribution >= 0.6 is 0 Å². The molecule has 4 N–H and O–H groups in total. The van der Waals surface area contributed by atoms with E-state index in [-0.39, 0.29) is 5.91 Å². The number of amides is 1. The summed E-state index contributed by atoms with van der Waals surface area (Å²) < 4.78 is 0. The number of aromatic nitrogens is 2. The number of hydrogen-bond donors (Lipinski definition) is 4. The summed E-state index contributed by atoms with van der Waals surface area (Å²) in [6.45, 7) is 6.16. The summed E-state index contributed by atoms with van der Waals surface area (Å²) in [5, 5.41) is 20.2. The molecule has 0 unspecified atom stereocenters. The standard InChI is InChI=1S/C27H42N8O2/c1-33(2)13-14-34(3)27-31-24(15-25(32-27)30-22-16-28-17-22)26(37)29-11-9-23(36)19-35-12-10-20-7-5-4-6-8-21(20)18-35/h4-6,8,15,22-23,28,36H,7,9-14,16-19H2,1-3H3,(H,29,37)(H,30,31,32)/t23-/m0/s1. The van der Waals surface area contributed by atoms with Gasteiger partial charge in [-0.1, -0.05) is 29.9 Å². The number of allylic oxidation sites excluding steroid dienone is 3. The average molecular weight is 511 g/mol. The maximum absolute atomic E-state index is 13.0. The topological polar surface area (TPSA) is 109 Å². The number of nitrogens with zero attached hydrogens (tertiary/aromatic N) is 5. The molecule has 10 nitrogen and oxygen atoms in total. The van der Waals surface area contributed by atoms with Crippen LogP contribution in [0.2, 0.25) is 0 Å². The third-order valence-electron chi connectivity index (χ3n) is 7.02. The number of likely N-dealkylation sites (N-methyl/N-ethyl adjacent to an activating group) is 2. The lowest BCUT2D eigenvalue weighted by Crippen LogP contribution is -2.51. The highest BCUT2D eigenvalue weighted by Gasteiger charge is 2.22. The number of nitrogens with one attached hydrogen (secondary N) is 3. The second-order valence-corrected chi connectivity index (χ2v) is 10.5. The summed E-state index contributed by atoms with van der Waals surface area (Å²) in [5.74, 6) is 0.918. The fourth-order valence-corrected chi connectivity index (χ4v) is 4.58. The fourth-order valence-electron chi connectivity index (χ4n) is 4.58. The maximum Gasteiger partial charge on any atom is 0.270 e. The SMILES string of the molecule is CN(C)CCN(C)c1nc(NC2CNC2)cc(C(=O)NCC[C@H](O)CN2CCC3=C(C=CC=CC3)C2)n1. The average Bonchev–Trinajstić information content (AvgIpc) is 3.09. The lowest BCUT2D eigenvalue weighted by molar-refractivity contribution is 0.0910. The van der Waals surface area contributed by atoms with E-state index in [1.165, 1.54) is 11.1 Å². The van der Waals surface area contributed by atoms with Gasteiger partial charge in [-0.25, -0.2) is 4.98 Å². The van der Waals surface area contributed by atoms with Crippen molar-refractivity contribution in [1.82, 2.24) is 30.4 Å². The zero-order chi connectivity index (χ0) is 26.2. The van der Waals surface area contributed by atoms with Crippen LogP contribution in [-0.2, 0) is 0 Å². The van der Waals surface area contributed by atoms with Gasteiger partial charge in [-0.3, -0.25) is 9.69 Å². The first kappa shape index (κ1) is 27.3. The van der Waals surface area contributed by atoms with E-state index in [0.717, 1.165) is 52.1 Å². The molecule has 4 rings (SSSR count). The zero-order valence-corrected chi connectivity index (χ0v) is 22.4. The van der Waals surface area contributed by atoms with Gasteiger partial charge in [0.25, 0.3) is 5.91 Å². The molecule has 0 radical (unpaired) electrons. The van der Waals surface area contributed by atoms with Crippen molar-refractivity contribution in [1.29, 1.82) is 0 Å². The van der Waals surface area contributed by atoms with E-state index in [0.29, 0.717) is 43.0 Å². The summed E-state index contributed by atoms with van der Waals surface area (Å²) in [5.41, 5.74) is 3.20. The van der Waals surface area contributed by atoms with E-state index in [9.17, 15) is 9.90 Å². The lowest BCUT2D eigenvalue weighted by Gasteiger charge is -2.31. The fraction of sp³-hybridized carbons (Fsp3) is 0.593. The van der Waals surface area contributed by atoms with E-state index >= 15 is 0 Å². The number of rotatable bonds is 12. The predicted molar refractivity (Wildman–Crippen MR) is 148 cm³/mol. The van der Waals surface area contributed by atoms with Crippen LogP contribution in [-0.4, -0.2) is 116 Å². The van der Waals surface area contributed by atoms with Gasteiger partial charge in [0, 0.05) is 65.5 Å². The third-order valence-corrected chi connectivity index (χ3v) is 7.02. The van der Waals surface area contributed by atoms with Crippen molar-refractivity contribution in [2.45, 2.75) is 31.4 Å². The van der Waals surface area contributed by atoms with Crippen LogP contribution in [0, 0.1) is 0 Å². The van der Waals surface area contributed by atoms with Gasteiger partial charge in [-0.2, -0.15) is 4.98 Å². The Bertz CT molecular complexity index is 1020. The summed E-state index contributed by atoms with van der Waals surface area (Å²) in [6.07, 6.45) is 10.7. The molecule has 1 aromatic rings. The molecule has 1 amide bonds. The van der Waals surface area contributed by atoms with E-state index in [4.69, 9.17) is 0 Å². The molecule has 0 saturated carbocycles. The first-order valence-corrected chi connectivity index (χ1v) is 13.3. The zero-order valence-electron chi connectivity index (χ0n) is 22.4. The molecule has 3 aliphatic rings. The highest BCUT2D eigenvalue weighted by molar-refractivity contribution is 5.93. The van der Waals surface area contributed by atoms with Gasteiger partial charge >= 0.3 is 0 Å². The van der Waals surface area contributed by atoms with Crippen molar-refractivity contribution in [2.24, 2.45) is 0 Å².